The number of hydrogen-bond acceptors (Lipinski definition) is 7. The summed E-state index contributed by atoms with van der Waals surface area (Å²) in [5, 5.41) is 0. The van der Waals surface area contributed by atoms with Crippen molar-refractivity contribution in [1.82, 2.24) is 0 Å². The van der Waals surface area contributed by atoms with Gasteiger partial charge in [0.15, 0.2) is 5.78 Å². The molecule has 0 fully saturated rings. The normalized spacial score (nSPS) is 9.90. The van der Waals surface area contributed by atoms with Crippen LogP contribution in [0, 0.1) is 5.92 Å². The van der Waals surface area contributed by atoms with Crippen LogP contribution in [0.25, 0.3) is 0 Å². The van der Waals surface area contributed by atoms with Crippen LogP contribution in [0.4, 0.5) is 0 Å². The summed E-state index contributed by atoms with van der Waals surface area (Å²) in [6.07, 6.45) is 0. The summed E-state index contributed by atoms with van der Waals surface area (Å²) in [7, 11) is 2.09. The predicted octanol–water partition coefficient (Wildman–Crippen LogP) is 0.757. The fourth-order valence-electron chi connectivity index (χ4n) is 1.62. The molecule has 0 aliphatic heterocycles. The van der Waals surface area contributed by atoms with Gasteiger partial charge in [-0.15, -0.1) is 0 Å². The summed E-state index contributed by atoms with van der Waals surface area (Å²) in [6.45, 7) is 1.17. The van der Waals surface area contributed by atoms with Crippen LogP contribution in [-0.4, -0.2) is 37.9 Å². The van der Waals surface area contributed by atoms with Crippen LogP contribution in [0.3, 0.4) is 0 Å². The van der Waals surface area contributed by atoms with Crippen molar-refractivity contribution in [2.24, 2.45) is 5.92 Å². The van der Waals surface area contributed by atoms with Gasteiger partial charge in [-0.05, 0) is 12.1 Å². The van der Waals surface area contributed by atoms with Crippen molar-refractivity contribution in [1.29, 1.82) is 0 Å². The van der Waals surface area contributed by atoms with E-state index in [2.05, 4.69) is 9.47 Å². The minimum absolute atomic E-state index is 0.0483. The number of hydrogen-bond donors (Lipinski definition) is 0. The molecule has 0 radical (unpaired) electrons. The smallest absolute Gasteiger partial charge is 0.328 e. The Hall–Kier alpha value is -2.70. The summed E-state index contributed by atoms with van der Waals surface area (Å²) in [5.41, 5.74) is -0.0894. The number of Topliss-reactive ketones (excluding diaryl/α,β-unsaturated/α-hetero) is 1. The zero-order valence-corrected chi connectivity index (χ0v) is 11.7. The second-order valence-electron chi connectivity index (χ2n) is 3.93. The molecule has 0 heterocycles. The van der Waals surface area contributed by atoms with Gasteiger partial charge in [-0.2, -0.15) is 0 Å². The molecule has 1 aromatic rings. The van der Waals surface area contributed by atoms with Crippen molar-refractivity contribution >= 4 is 23.7 Å². The van der Waals surface area contributed by atoms with Crippen LogP contribution < -0.4 is 4.74 Å². The molecular weight excluding hydrogens is 280 g/mol. The summed E-state index contributed by atoms with van der Waals surface area (Å²) >= 11 is 0. The van der Waals surface area contributed by atoms with Gasteiger partial charge in [-0.25, -0.2) is 0 Å². The maximum atomic E-state index is 12.4. The molecule has 0 aliphatic carbocycles. The minimum Gasteiger partial charge on any atom is -0.468 e. The lowest BCUT2D eigenvalue weighted by atomic mass is 9.97. The van der Waals surface area contributed by atoms with Crippen molar-refractivity contribution in [2.75, 3.05) is 14.2 Å². The van der Waals surface area contributed by atoms with Crippen molar-refractivity contribution in [3.05, 3.63) is 29.8 Å². The molecule has 0 saturated heterocycles. The number of esters is 3. The standard InChI is InChI=1S/C14H14O7/c1-8(15)21-10-7-5-4-6-9(10)12(16)11(13(17)19-2)14(18)20-3/h4-7,11H,1-3H3. The van der Waals surface area contributed by atoms with E-state index in [-0.39, 0.29) is 11.3 Å². The molecule has 1 aromatic carbocycles. The van der Waals surface area contributed by atoms with Crippen LogP contribution in [0.5, 0.6) is 5.75 Å². The molecule has 112 valence electrons. The number of benzene rings is 1. The lowest BCUT2D eigenvalue weighted by Gasteiger charge is -2.13. The maximum Gasteiger partial charge on any atom is 0.328 e. The first-order valence-electron chi connectivity index (χ1n) is 5.89. The lowest BCUT2D eigenvalue weighted by Crippen LogP contribution is -2.34. The zero-order chi connectivity index (χ0) is 16.0. The number of para-hydroxylation sites is 1. The molecule has 0 atom stereocenters. The predicted molar refractivity (Wildman–Crippen MR) is 69.6 cm³/mol. The van der Waals surface area contributed by atoms with Crippen molar-refractivity contribution in [2.45, 2.75) is 6.92 Å². The Morgan fingerprint density at radius 2 is 1.48 bits per heavy atom. The van der Waals surface area contributed by atoms with E-state index in [0.717, 1.165) is 14.2 Å². The Labute approximate surface area is 120 Å². The molecule has 0 saturated carbocycles. The Bertz CT molecular complexity index is 560. The van der Waals surface area contributed by atoms with E-state index < -0.39 is 29.6 Å². The van der Waals surface area contributed by atoms with Crippen molar-refractivity contribution in [3.63, 3.8) is 0 Å². The maximum absolute atomic E-state index is 12.4. The highest BCUT2D eigenvalue weighted by atomic mass is 16.5. The van der Waals surface area contributed by atoms with E-state index >= 15 is 0 Å². The van der Waals surface area contributed by atoms with Crippen molar-refractivity contribution < 1.29 is 33.4 Å². The second-order valence-corrected chi connectivity index (χ2v) is 3.93. The largest absolute Gasteiger partial charge is 0.468 e. The highest BCUT2D eigenvalue weighted by molar-refractivity contribution is 6.21. The van der Waals surface area contributed by atoms with Gasteiger partial charge < -0.3 is 14.2 Å². The third-order valence-electron chi connectivity index (χ3n) is 2.54. The van der Waals surface area contributed by atoms with E-state index in [1.807, 2.05) is 0 Å². The highest BCUT2D eigenvalue weighted by Gasteiger charge is 2.38. The summed E-state index contributed by atoms with van der Waals surface area (Å²) in [4.78, 5) is 46.6. The number of carbonyl (C=O) groups excluding carboxylic acids is 4. The van der Waals surface area contributed by atoms with Gasteiger partial charge >= 0.3 is 17.9 Å². The molecule has 0 N–H and O–H groups in total. The van der Waals surface area contributed by atoms with Gasteiger partial charge in [0, 0.05) is 6.92 Å². The number of methoxy groups -OCH3 is 2. The van der Waals surface area contributed by atoms with Gasteiger partial charge in [0.05, 0.1) is 19.8 Å². The van der Waals surface area contributed by atoms with Crippen LogP contribution in [0.15, 0.2) is 24.3 Å². The number of ether oxygens (including phenoxy) is 3. The van der Waals surface area contributed by atoms with Crippen LogP contribution in [-0.2, 0) is 23.9 Å². The minimum atomic E-state index is -1.77. The lowest BCUT2D eigenvalue weighted by molar-refractivity contribution is -0.155. The van der Waals surface area contributed by atoms with Gasteiger partial charge in [-0.1, -0.05) is 12.1 Å². The Morgan fingerprint density at radius 3 is 1.95 bits per heavy atom. The zero-order valence-electron chi connectivity index (χ0n) is 11.7. The molecule has 21 heavy (non-hydrogen) atoms. The molecule has 0 unspecified atom stereocenters. The Morgan fingerprint density at radius 1 is 0.952 bits per heavy atom. The fraction of sp³-hybridized carbons (Fsp3) is 0.286. The summed E-state index contributed by atoms with van der Waals surface area (Å²) < 4.78 is 13.7. The van der Waals surface area contributed by atoms with E-state index in [0.29, 0.717) is 0 Å². The first kappa shape index (κ1) is 16.4. The molecule has 0 aliphatic rings. The average Bonchev–Trinajstić information content (AvgIpc) is 2.46. The third kappa shape index (κ3) is 3.88. The Kier molecular flexibility index (Phi) is 5.59. The summed E-state index contributed by atoms with van der Waals surface area (Å²) in [5.74, 6) is -5.42. The molecular formula is C14H14O7. The highest BCUT2D eigenvalue weighted by Crippen LogP contribution is 2.23. The van der Waals surface area contributed by atoms with Gasteiger partial charge in [0.25, 0.3) is 0 Å². The van der Waals surface area contributed by atoms with Gasteiger partial charge in [0.2, 0.25) is 5.92 Å². The number of ketones is 1. The van der Waals surface area contributed by atoms with E-state index in [4.69, 9.17) is 4.74 Å². The number of carbonyl (C=O) groups is 4. The second kappa shape index (κ2) is 7.18. The molecule has 0 amide bonds. The topological polar surface area (TPSA) is 96.0 Å². The van der Waals surface area contributed by atoms with E-state index in [1.54, 1.807) is 6.07 Å². The SMILES string of the molecule is COC(=O)C(C(=O)OC)C(=O)c1ccccc1OC(C)=O. The molecule has 7 nitrogen and oxygen atoms in total. The Balaban J connectivity index is 3.24. The van der Waals surface area contributed by atoms with E-state index in [9.17, 15) is 19.2 Å². The van der Waals surface area contributed by atoms with Crippen LogP contribution in [0.2, 0.25) is 0 Å². The van der Waals surface area contributed by atoms with Gasteiger partial charge in [-0.3, -0.25) is 19.2 Å². The van der Waals surface area contributed by atoms with Crippen molar-refractivity contribution in [3.8, 4) is 5.75 Å². The quantitative estimate of drug-likeness (QED) is 0.342. The average molecular weight is 294 g/mol. The third-order valence-corrected chi connectivity index (χ3v) is 2.54. The molecule has 7 heteroatoms. The molecule has 0 spiro atoms. The molecule has 0 aromatic heterocycles. The number of rotatable bonds is 5. The van der Waals surface area contributed by atoms with Crippen LogP contribution in [0.1, 0.15) is 17.3 Å². The summed E-state index contributed by atoms with van der Waals surface area (Å²) in [6, 6.07) is 5.76. The van der Waals surface area contributed by atoms with E-state index in [1.165, 1.54) is 25.1 Å². The first-order chi connectivity index (χ1) is 9.92. The first-order valence-corrected chi connectivity index (χ1v) is 5.89. The van der Waals surface area contributed by atoms with Gasteiger partial charge in [0.1, 0.15) is 5.75 Å². The van der Waals surface area contributed by atoms with Crippen LogP contribution >= 0.6 is 0 Å². The monoisotopic (exact) mass is 294 g/mol. The fourth-order valence-corrected chi connectivity index (χ4v) is 1.62. The molecule has 0 bridgehead atoms. The molecule has 1 rings (SSSR count).